The van der Waals surface area contributed by atoms with E-state index in [0.29, 0.717) is 21.9 Å². The quantitative estimate of drug-likeness (QED) is 0.192. The summed E-state index contributed by atoms with van der Waals surface area (Å²) in [6, 6.07) is 6.58. The van der Waals surface area contributed by atoms with Crippen LogP contribution in [0.1, 0.15) is 11.8 Å². The van der Waals surface area contributed by atoms with Gasteiger partial charge in [-0.15, -0.1) is 0 Å². The van der Waals surface area contributed by atoms with Crippen molar-refractivity contribution < 1.29 is 30.5 Å². The fraction of sp³-hybridized carbons (Fsp3) is 0.353. The van der Waals surface area contributed by atoms with Crippen LogP contribution in [0.2, 0.25) is 0 Å². The van der Waals surface area contributed by atoms with Crippen LogP contribution in [0.5, 0.6) is 0 Å². The molecule has 1 aromatic carbocycles. The zero-order chi connectivity index (χ0) is 20.5. The van der Waals surface area contributed by atoms with E-state index in [1.807, 2.05) is 0 Å². The Kier molecular flexibility index (Phi) is 5.76. The number of nitrogens with zero attached hydrogens (tertiary/aromatic N) is 4. The Bertz CT molecular complexity index is 984. The van der Waals surface area contributed by atoms with Gasteiger partial charge in [-0.1, -0.05) is 23.9 Å². The van der Waals surface area contributed by atoms with Gasteiger partial charge in [0.25, 0.3) is 0 Å². The third-order valence-electron chi connectivity index (χ3n) is 4.69. The molecule has 0 saturated carbocycles. The van der Waals surface area contributed by atoms with Crippen molar-refractivity contribution in [3.05, 3.63) is 47.7 Å². The first kappa shape index (κ1) is 20.1. The number of rotatable bonds is 6. The summed E-state index contributed by atoms with van der Waals surface area (Å²) in [6.07, 6.45) is -1.45. The molecule has 0 aliphatic carbocycles. The van der Waals surface area contributed by atoms with Gasteiger partial charge in [0.15, 0.2) is 17.6 Å². The standard InChI is InChI=1S/C17H19N5O6S/c23-5-11-13(24)14(25)17(28-11)21-8-20-12-15(21)18-7-19-16(12)29-6-9-1-3-10(4-2-9)22(26)27/h1-4,7-8,11,13-14,17,22-26H,5-6H2/t11-,13+,14+,17-/m1/s1. The molecule has 11 nitrogen and oxygen atoms in total. The van der Waals surface area contributed by atoms with Gasteiger partial charge in [0.05, 0.1) is 12.9 Å². The minimum absolute atomic E-state index is 0.223. The number of hydrogen-bond donors (Lipinski definition) is 5. The zero-order valence-corrected chi connectivity index (χ0v) is 15.8. The van der Waals surface area contributed by atoms with E-state index in [1.165, 1.54) is 29.0 Å². The second kappa shape index (κ2) is 8.30. The topological polar surface area (TPSA) is 161 Å². The molecular formula is C17H19N5O6S. The highest BCUT2D eigenvalue weighted by molar-refractivity contribution is 7.98. The smallest absolute Gasteiger partial charge is 0.166 e. The Morgan fingerprint density at radius 1 is 1.14 bits per heavy atom. The van der Waals surface area contributed by atoms with Crippen LogP contribution < -0.4 is 5.23 Å². The fourth-order valence-electron chi connectivity index (χ4n) is 3.13. The molecule has 2 aromatic heterocycles. The first-order chi connectivity index (χ1) is 14.0. The van der Waals surface area contributed by atoms with Crippen LogP contribution in [0.4, 0.5) is 5.69 Å². The van der Waals surface area contributed by atoms with Gasteiger partial charge in [-0.25, -0.2) is 20.2 Å². The molecule has 0 amide bonds. The van der Waals surface area contributed by atoms with Gasteiger partial charge < -0.3 is 25.3 Å². The molecule has 1 unspecified atom stereocenters. The average Bonchev–Trinajstić information content (AvgIpc) is 3.28. The van der Waals surface area contributed by atoms with E-state index in [9.17, 15) is 20.5 Å². The molecule has 0 radical (unpaired) electrons. The Labute approximate surface area is 168 Å². The third-order valence-corrected chi connectivity index (χ3v) is 5.74. The molecule has 1 aliphatic rings. The highest BCUT2D eigenvalue weighted by Crippen LogP contribution is 2.33. The Balaban J connectivity index is 1.55. The number of benzene rings is 1. The molecule has 154 valence electrons. The number of aliphatic hydroxyl groups excluding tert-OH is 3. The summed E-state index contributed by atoms with van der Waals surface area (Å²) in [7, 11) is 0. The minimum Gasteiger partial charge on any atom is -0.595 e. The van der Waals surface area contributed by atoms with E-state index < -0.39 is 36.4 Å². The third kappa shape index (κ3) is 3.84. The summed E-state index contributed by atoms with van der Waals surface area (Å²) in [6.45, 7) is -0.419. The molecule has 5 N–H and O–H groups in total. The highest BCUT2D eigenvalue weighted by Gasteiger charge is 2.44. The number of ether oxygens (including phenoxy) is 1. The fourth-order valence-corrected chi connectivity index (χ4v) is 4.03. The van der Waals surface area contributed by atoms with Crippen molar-refractivity contribution in [1.82, 2.24) is 19.5 Å². The van der Waals surface area contributed by atoms with Crippen molar-refractivity contribution in [2.24, 2.45) is 0 Å². The summed E-state index contributed by atoms with van der Waals surface area (Å²) in [5.74, 6) is 0.548. The Hall–Kier alpha value is -2.16. The maximum atomic E-state index is 10.9. The number of aliphatic hydroxyl groups is 3. The summed E-state index contributed by atoms with van der Waals surface area (Å²) in [5.41, 5.74) is 2.09. The number of thioether (sulfide) groups is 1. The highest BCUT2D eigenvalue weighted by atomic mass is 32.2. The van der Waals surface area contributed by atoms with Crippen molar-refractivity contribution in [3.63, 3.8) is 0 Å². The number of aromatic nitrogens is 4. The van der Waals surface area contributed by atoms with Crippen LogP contribution in [0, 0.1) is 5.21 Å². The molecule has 1 fully saturated rings. The van der Waals surface area contributed by atoms with E-state index in [-0.39, 0.29) is 5.69 Å². The zero-order valence-electron chi connectivity index (χ0n) is 15.0. The lowest BCUT2D eigenvalue weighted by molar-refractivity contribution is -0.991. The molecule has 4 rings (SSSR count). The van der Waals surface area contributed by atoms with Gasteiger partial charge in [-0.2, -0.15) is 5.23 Å². The molecule has 5 atom stereocenters. The monoisotopic (exact) mass is 421 g/mol. The number of hydrogen-bond acceptors (Lipinski definition) is 10. The van der Waals surface area contributed by atoms with Crippen molar-refractivity contribution in [1.29, 1.82) is 0 Å². The van der Waals surface area contributed by atoms with Gasteiger partial charge in [0, 0.05) is 17.9 Å². The van der Waals surface area contributed by atoms with E-state index in [4.69, 9.17) is 9.94 Å². The molecule has 0 bridgehead atoms. The van der Waals surface area contributed by atoms with Gasteiger partial charge in [-0.3, -0.25) is 4.57 Å². The lowest BCUT2D eigenvalue weighted by Gasteiger charge is -2.16. The van der Waals surface area contributed by atoms with Crippen molar-refractivity contribution in [2.45, 2.75) is 35.3 Å². The molecule has 3 heterocycles. The lowest BCUT2D eigenvalue weighted by Crippen LogP contribution is -2.99. The summed E-state index contributed by atoms with van der Waals surface area (Å²) in [4.78, 5) is 12.8. The van der Waals surface area contributed by atoms with E-state index in [2.05, 4.69) is 15.0 Å². The lowest BCUT2D eigenvalue weighted by atomic mass is 10.1. The summed E-state index contributed by atoms with van der Waals surface area (Å²) < 4.78 is 7.05. The summed E-state index contributed by atoms with van der Waals surface area (Å²) in [5, 5.41) is 49.0. The van der Waals surface area contributed by atoms with Gasteiger partial charge >= 0.3 is 0 Å². The van der Waals surface area contributed by atoms with Crippen LogP contribution in [0.3, 0.4) is 0 Å². The Morgan fingerprint density at radius 3 is 2.55 bits per heavy atom. The first-order valence-corrected chi connectivity index (χ1v) is 9.73. The molecule has 0 spiro atoms. The van der Waals surface area contributed by atoms with Gasteiger partial charge in [0.1, 0.15) is 35.2 Å². The predicted octanol–water partition coefficient (Wildman–Crippen LogP) is -0.867. The van der Waals surface area contributed by atoms with E-state index in [0.717, 1.165) is 5.56 Å². The number of fused-ring (bicyclic) bond motifs is 1. The van der Waals surface area contributed by atoms with E-state index >= 15 is 0 Å². The molecule has 12 heteroatoms. The molecule has 29 heavy (non-hydrogen) atoms. The normalized spacial score (nSPS) is 25.6. The summed E-state index contributed by atoms with van der Waals surface area (Å²) >= 11 is 1.41. The molecule has 1 aliphatic heterocycles. The SMILES string of the molecule is [O-][NH+](O)c1ccc(CSc2ncnc3c2ncn3[C@@H]2O[C@H](CO)[C@H](O)[C@@H]2O)cc1. The van der Waals surface area contributed by atoms with Crippen LogP contribution in [0.15, 0.2) is 41.9 Å². The van der Waals surface area contributed by atoms with Gasteiger partial charge in [0.2, 0.25) is 0 Å². The van der Waals surface area contributed by atoms with E-state index in [1.54, 1.807) is 24.3 Å². The predicted molar refractivity (Wildman–Crippen MR) is 100 cm³/mol. The Morgan fingerprint density at radius 2 is 1.90 bits per heavy atom. The van der Waals surface area contributed by atoms with Crippen LogP contribution in [0.25, 0.3) is 11.2 Å². The van der Waals surface area contributed by atoms with Crippen LogP contribution in [-0.2, 0) is 10.5 Å². The van der Waals surface area contributed by atoms with Gasteiger partial charge in [-0.05, 0) is 5.56 Å². The van der Waals surface area contributed by atoms with Crippen molar-refractivity contribution in [3.8, 4) is 0 Å². The largest absolute Gasteiger partial charge is 0.595 e. The second-order valence-electron chi connectivity index (χ2n) is 6.52. The number of nitrogens with one attached hydrogen (secondary N) is 1. The van der Waals surface area contributed by atoms with Crippen molar-refractivity contribution in [2.75, 3.05) is 6.61 Å². The maximum Gasteiger partial charge on any atom is 0.166 e. The first-order valence-electron chi connectivity index (χ1n) is 8.74. The molecule has 3 aromatic rings. The number of imidazole rings is 1. The molecular weight excluding hydrogens is 402 g/mol. The van der Waals surface area contributed by atoms with Crippen LogP contribution in [-0.4, -0.2) is 65.0 Å². The minimum atomic E-state index is -1.23. The van der Waals surface area contributed by atoms with Crippen LogP contribution >= 0.6 is 11.8 Å². The second-order valence-corrected chi connectivity index (χ2v) is 7.49. The average molecular weight is 421 g/mol. The van der Waals surface area contributed by atoms with Crippen molar-refractivity contribution >= 4 is 28.6 Å². The number of quaternary nitrogens is 1. The maximum absolute atomic E-state index is 10.9. The molecule has 1 saturated heterocycles.